The van der Waals surface area contributed by atoms with E-state index in [1.807, 2.05) is 54.6 Å². The minimum atomic E-state index is -0.491. The van der Waals surface area contributed by atoms with Crippen LogP contribution in [0, 0.1) is 0 Å². The van der Waals surface area contributed by atoms with E-state index in [9.17, 15) is 14.4 Å². The molecule has 7 nitrogen and oxygen atoms in total. The van der Waals surface area contributed by atoms with Gasteiger partial charge in [-0.3, -0.25) is 14.2 Å². The molecule has 0 atom stereocenters. The van der Waals surface area contributed by atoms with Crippen molar-refractivity contribution in [3.8, 4) is 5.75 Å². The van der Waals surface area contributed by atoms with Gasteiger partial charge in [-0.25, -0.2) is 4.79 Å². The van der Waals surface area contributed by atoms with Crippen LogP contribution in [0.1, 0.15) is 21.5 Å². The number of methoxy groups -OCH3 is 1. The summed E-state index contributed by atoms with van der Waals surface area (Å²) in [6, 6.07) is 21.8. The molecular weight excluding hydrogens is 406 g/mol. The Balaban J connectivity index is 1.51. The number of aromatic nitrogens is 2. The summed E-state index contributed by atoms with van der Waals surface area (Å²) in [5.74, 6) is 0.449. The smallest absolute Gasteiger partial charge is 0.328 e. The van der Waals surface area contributed by atoms with Crippen LogP contribution in [0.3, 0.4) is 0 Å². The number of ether oxygens (including phenoxy) is 1. The highest BCUT2D eigenvalue weighted by Gasteiger charge is 2.12. The minimum Gasteiger partial charge on any atom is -0.497 e. The number of fused-ring (bicyclic) bond motifs is 1. The Morgan fingerprint density at radius 3 is 2.44 bits per heavy atom. The van der Waals surface area contributed by atoms with E-state index in [0.29, 0.717) is 29.4 Å². The van der Waals surface area contributed by atoms with Gasteiger partial charge < -0.3 is 15.0 Å². The number of hydrogen-bond donors (Lipinski definition) is 2. The highest BCUT2D eigenvalue weighted by Crippen LogP contribution is 2.12. The first kappa shape index (κ1) is 21.1. The monoisotopic (exact) mass is 429 g/mol. The highest BCUT2D eigenvalue weighted by molar-refractivity contribution is 5.97. The summed E-state index contributed by atoms with van der Waals surface area (Å²) >= 11 is 0. The molecule has 0 fully saturated rings. The third-order valence-electron chi connectivity index (χ3n) is 5.32. The second-order valence-electron chi connectivity index (χ2n) is 7.41. The van der Waals surface area contributed by atoms with E-state index < -0.39 is 5.69 Å². The first-order chi connectivity index (χ1) is 15.5. The zero-order valence-corrected chi connectivity index (χ0v) is 17.6. The Morgan fingerprint density at radius 2 is 1.72 bits per heavy atom. The van der Waals surface area contributed by atoms with E-state index >= 15 is 0 Å². The van der Waals surface area contributed by atoms with Gasteiger partial charge in [0.05, 0.1) is 18.0 Å². The summed E-state index contributed by atoms with van der Waals surface area (Å²) in [7, 11) is 1.60. The summed E-state index contributed by atoms with van der Waals surface area (Å²) in [5.41, 5.74) is 1.81. The number of rotatable bonds is 7. The van der Waals surface area contributed by atoms with Crippen LogP contribution in [-0.4, -0.2) is 22.6 Å². The summed E-state index contributed by atoms with van der Waals surface area (Å²) in [6.45, 7) is 0.622. The van der Waals surface area contributed by atoms with E-state index in [1.165, 1.54) is 10.6 Å². The predicted octanol–water partition coefficient (Wildman–Crippen LogP) is 2.87. The van der Waals surface area contributed by atoms with Crippen LogP contribution in [0.15, 0.2) is 82.4 Å². The molecule has 0 aliphatic heterocycles. The van der Waals surface area contributed by atoms with E-state index in [4.69, 9.17) is 4.74 Å². The molecule has 3 aromatic carbocycles. The number of H-pyrrole nitrogens is 1. The number of carbonyl (C=O) groups is 1. The maximum Gasteiger partial charge on any atom is 0.328 e. The lowest BCUT2D eigenvalue weighted by molar-refractivity contribution is 0.0951. The van der Waals surface area contributed by atoms with Crippen molar-refractivity contribution in [2.24, 2.45) is 0 Å². The van der Waals surface area contributed by atoms with Crippen molar-refractivity contribution in [1.82, 2.24) is 14.9 Å². The normalized spacial score (nSPS) is 10.8. The van der Waals surface area contributed by atoms with Gasteiger partial charge >= 0.3 is 5.69 Å². The lowest BCUT2D eigenvalue weighted by Crippen LogP contribution is -2.35. The molecule has 0 spiro atoms. The quantitative estimate of drug-likeness (QED) is 0.472. The van der Waals surface area contributed by atoms with Gasteiger partial charge in [-0.2, -0.15) is 0 Å². The summed E-state index contributed by atoms with van der Waals surface area (Å²) in [5, 5.41) is 3.21. The second kappa shape index (κ2) is 9.34. The van der Waals surface area contributed by atoms with E-state index in [0.717, 1.165) is 16.9 Å². The minimum absolute atomic E-state index is 0.276. The van der Waals surface area contributed by atoms with Crippen molar-refractivity contribution in [2.75, 3.05) is 7.11 Å². The predicted molar refractivity (Wildman–Crippen MR) is 123 cm³/mol. The Hall–Kier alpha value is -4.13. The van der Waals surface area contributed by atoms with Crippen LogP contribution in [0.25, 0.3) is 10.9 Å². The van der Waals surface area contributed by atoms with Crippen LogP contribution in [0.4, 0.5) is 0 Å². The van der Waals surface area contributed by atoms with Crippen LogP contribution in [-0.2, 0) is 19.5 Å². The van der Waals surface area contributed by atoms with Gasteiger partial charge in [-0.05, 0) is 47.9 Å². The lowest BCUT2D eigenvalue weighted by Gasteiger charge is -2.09. The maximum absolute atomic E-state index is 12.8. The molecule has 0 aliphatic carbocycles. The van der Waals surface area contributed by atoms with Crippen molar-refractivity contribution in [1.29, 1.82) is 0 Å². The first-order valence-electron chi connectivity index (χ1n) is 10.3. The summed E-state index contributed by atoms with van der Waals surface area (Å²) < 4.78 is 6.32. The molecule has 4 rings (SSSR count). The average molecular weight is 429 g/mol. The molecule has 32 heavy (non-hydrogen) atoms. The molecule has 7 heteroatoms. The largest absolute Gasteiger partial charge is 0.497 e. The molecule has 0 radical (unpaired) electrons. The number of carbonyl (C=O) groups excluding carboxylic acids is 1. The van der Waals surface area contributed by atoms with Crippen molar-refractivity contribution in [3.63, 3.8) is 0 Å². The third kappa shape index (κ3) is 4.62. The number of nitrogens with one attached hydrogen (secondary N) is 2. The van der Waals surface area contributed by atoms with Crippen molar-refractivity contribution >= 4 is 16.8 Å². The number of aromatic amines is 1. The SMILES string of the molecule is COc1ccc(CNC(=O)c2ccc3c(=O)n(CCc4ccccc4)c(=O)[nH]c3c2)cc1. The molecular formula is C25H23N3O4. The fourth-order valence-corrected chi connectivity index (χ4v) is 3.51. The number of aryl methyl sites for hydroxylation is 1. The zero-order valence-electron chi connectivity index (χ0n) is 17.6. The van der Waals surface area contributed by atoms with Gasteiger partial charge in [0.25, 0.3) is 11.5 Å². The number of nitrogens with zero attached hydrogens (tertiary/aromatic N) is 1. The van der Waals surface area contributed by atoms with Gasteiger partial charge in [0.1, 0.15) is 5.75 Å². The van der Waals surface area contributed by atoms with Gasteiger partial charge in [0.2, 0.25) is 0 Å². The number of benzene rings is 3. The molecule has 0 bridgehead atoms. The van der Waals surface area contributed by atoms with Crippen molar-refractivity contribution in [2.45, 2.75) is 19.5 Å². The summed E-state index contributed by atoms with van der Waals surface area (Å²) in [6.07, 6.45) is 0.571. The van der Waals surface area contributed by atoms with Crippen LogP contribution >= 0.6 is 0 Å². The first-order valence-corrected chi connectivity index (χ1v) is 10.3. The van der Waals surface area contributed by atoms with Crippen LogP contribution in [0.2, 0.25) is 0 Å². The Kier molecular flexibility index (Phi) is 6.17. The molecule has 0 aliphatic rings. The second-order valence-corrected chi connectivity index (χ2v) is 7.41. The van der Waals surface area contributed by atoms with Crippen molar-refractivity contribution in [3.05, 3.63) is 110 Å². The zero-order chi connectivity index (χ0) is 22.5. The van der Waals surface area contributed by atoms with Gasteiger partial charge in [0.15, 0.2) is 0 Å². The maximum atomic E-state index is 12.8. The number of hydrogen-bond acceptors (Lipinski definition) is 4. The van der Waals surface area contributed by atoms with Gasteiger partial charge in [-0.15, -0.1) is 0 Å². The van der Waals surface area contributed by atoms with Crippen LogP contribution < -0.4 is 21.3 Å². The molecule has 0 saturated heterocycles. The molecule has 4 aromatic rings. The van der Waals surface area contributed by atoms with Crippen LogP contribution in [0.5, 0.6) is 5.75 Å². The van der Waals surface area contributed by atoms with Crippen molar-refractivity contribution < 1.29 is 9.53 Å². The third-order valence-corrected chi connectivity index (χ3v) is 5.32. The topological polar surface area (TPSA) is 93.2 Å². The Bertz CT molecular complexity index is 1360. The van der Waals surface area contributed by atoms with Gasteiger partial charge in [-0.1, -0.05) is 42.5 Å². The molecule has 162 valence electrons. The summed E-state index contributed by atoms with van der Waals surface area (Å²) in [4.78, 5) is 40.7. The fourth-order valence-electron chi connectivity index (χ4n) is 3.51. The Labute approximate surface area is 184 Å². The molecule has 0 unspecified atom stereocenters. The molecule has 2 N–H and O–H groups in total. The average Bonchev–Trinajstić information content (AvgIpc) is 2.83. The van der Waals surface area contributed by atoms with Gasteiger partial charge in [0, 0.05) is 18.7 Å². The Morgan fingerprint density at radius 1 is 0.969 bits per heavy atom. The standard InChI is InChI=1S/C25H23N3O4/c1-32-20-10-7-18(8-11-20)16-26-23(29)19-9-12-21-22(15-19)27-25(31)28(24(21)30)14-13-17-5-3-2-4-6-17/h2-12,15H,13-14,16H2,1H3,(H,26,29)(H,27,31). The molecule has 0 saturated carbocycles. The highest BCUT2D eigenvalue weighted by atomic mass is 16.5. The van der Waals surface area contributed by atoms with E-state index in [-0.39, 0.29) is 18.0 Å². The molecule has 1 aromatic heterocycles. The molecule has 1 amide bonds. The molecule has 1 heterocycles. The van der Waals surface area contributed by atoms with E-state index in [2.05, 4.69) is 10.3 Å². The van der Waals surface area contributed by atoms with E-state index in [1.54, 1.807) is 19.2 Å². The number of amides is 1. The lowest BCUT2D eigenvalue weighted by atomic mass is 10.1. The fraction of sp³-hybridized carbons (Fsp3) is 0.160.